The lowest BCUT2D eigenvalue weighted by molar-refractivity contribution is 0.876. The number of rotatable bonds is 2. The Labute approximate surface area is 108 Å². The Morgan fingerprint density at radius 3 is 2.94 bits per heavy atom. The monoisotopic (exact) mass is 297 g/mol. The first-order chi connectivity index (χ1) is 7.65. The minimum Gasteiger partial charge on any atom is -0.271 e. The van der Waals surface area contributed by atoms with Crippen LogP contribution in [0.25, 0.3) is 5.69 Å². The van der Waals surface area contributed by atoms with Crippen molar-refractivity contribution in [2.75, 3.05) is 0 Å². The predicted molar refractivity (Wildman–Crippen MR) is 70.6 cm³/mol. The van der Waals surface area contributed by atoms with Crippen LogP contribution >= 0.6 is 28.1 Å². The quantitative estimate of drug-likeness (QED) is 0.860. The standard InChI is InChI=1S/C11H12BrN3S/c1-3-9-13-14-11(16)15(9)8-6-4-5-7(2)10(8)12/h4-6H,3H2,1-2H3,(H,14,16). The summed E-state index contributed by atoms with van der Waals surface area (Å²) in [6, 6.07) is 6.11. The Morgan fingerprint density at radius 1 is 1.50 bits per heavy atom. The first-order valence-electron chi connectivity index (χ1n) is 5.07. The summed E-state index contributed by atoms with van der Waals surface area (Å²) in [5.74, 6) is 0.941. The smallest absolute Gasteiger partial charge is 0.199 e. The van der Waals surface area contributed by atoms with E-state index < -0.39 is 0 Å². The number of aromatic amines is 1. The Morgan fingerprint density at radius 2 is 2.25 bits per heavy atom. The van der Waals surface area contributed by atoms with Crippen LogP contribution in [0, 0.1) is 11.7 Å². The van der Waals surface area contributed by atoms with E-state index in [1.165, 1.54) is 5.56 Å². The lowest BCUT2D eigenvalue weighted by atomic mass is 10.2. The van der Waals surface area contributed by atoms with E-state index in [9.17, 15) is 0 Å². The van der Waals surface area contributed by atoms with Crippen molar-refractivity contribution in [3.63, 3.8) is 0 Å². The fourth-order valence-electron chi connectivity index (χ4n) is 1.62. The zero-order chi connectivity index (χ0) is 11.7. The molecule has 2 rings (SSSR count). The van der Waals surface area contributed by atoms with Gasteiger partial charge < -0.3 is 0 Å². The van der Waals surface area contributed by atoms with Crippen LogP contribution < -0.4 is 0 Å². The molecule has 0 unspecified atom stereocenters. The summed E-state index contributed by atoms with van der Waals surface area (Å²) in [7, 11) is 0. The van der Waals surface area contributed by atoms with Crippen molar-refractivity contribution in [2.45, 2.75) is 20.3 Å². The number of H-pyrrole nitrogens is 1. The number of hydrogen-bond donors (Lipinski definition) is 1. The molecule has 0 radical (unpaired) electrons. The molecule has 1 N–H and O–H groups in total. The average molecular weight is 298 g/mol. The first-order valence-corrected chi connectivity index (χ1v) is 6.27. The molecule has 0 bridgehead atoms. The van der Waals surface area contributed by atoms with E-state index >= 15 is 0 Å². The van der Waals surface area contributed by atoms with Gasteiger partial charge in [-0.15, -0.1) is 0 Å². The van der Waals surface area contributed by atoms with E-state index in [-0.39, 0.29) is 0 Å². The van der Waals surface area contributed by atoms with Gasteiger partial charge in [-0.3, -0.25) is 9.67 Å². The fourth-order valence-corrected chi connectivity index (χ4v) is 2.31. The van der Waals surface area contributed by atoms with Gasteiger partial charge in [0.15, 0.2) is 4.77 Å². The zero-order valence-corrected chi connectivity index (χ0v) is 11.5. The van der Waals surface area contributed by atoms with Crippen molar-refractivity contribution in [3.05, 3.63) is 38.8 Å². The molecule has 1 aromatic heterocycles. The summed E-state index contributed by atoms with van der Waals surface area (Å²) in [6.07, 6.45) is 0.841. The Bertz CT molecular complexity index is 571. The molecule has 1 heterocycles. The summed E-state index contributed by atoms with van der Waals surface area (Å²) in [5.41, 5.74) is 2.22. The van der Waals surface area contributed by atoms with E-state index in [1.54, 1.807) is 0 Å². The number of aromatic nitrogens is 3. The molecule has 0 amide bonds. The third-order valence-electron chi connectivity index (χ3n) is 2.47. The molecule has 0 saturated carbocycles. The van der Waals surface area contributed by atoms with E-state index in [0.717, 1.165) is 22.4 Å². The molecule has 0 fully saturated rings. The van der Waals surface area contributed by atoms with Crippen LogP contribution in [0.5, 0.6) is 0 Å². The molecule has 1 aromatic carbocycles. The Balaban J connectivity index is 2.72. The number of halogens is 1. The van der Waals surface area contributed by atoms with Crippen molar-refractivity contribution in [3.8, 4) is 5.69 Å². The van der Waals surface area contributed by atoms with Crippen molar-refractivity contribution < 1.29 is 0 Å². The summed E-state index contributed by atoms with van der Waals surface area (Å²) >= 11 is 8.84. The molecule has 3 nitrogen and oxygen atoms in total. The van der Waals surface area contributed by atoms with Gasteiger partial charge in [-0.05, 0) is 46.7 Å². The van der Waals surface area contributed by atoms with E-state index in [4.69, 9.17) is 12.2 Å². The molecule has 0 atom stereocenters. The van der Waals surface area contributed by atoms with Gasteiger partial charge in [-0.2, -0.15) is 5.10 Å². The molecular weight excluding hydrogens is 286 g/mol. The second-order valence-corrected chi connectivity index (χ2v) is 4.72. The van der Waals surface area contributed by atoms with Gasteiger partial charge in [0.2, 0.25) is 0 Å². The average Bonchev–Trinajstić information content (AvgIpc) is 2.64. The maximum atomic E-state index is 5.25. The number of aryl methyl sites for hydroxylation is 2. The minimum atomic E-state index is 0.628. The molecular formula is C11H12BrN3S. The molecule has 5 heteroatoms. The fraction of sp³-hybridized carbons (Fsp3) is 0.273. The van der Waals surface area contributed by atoms with E-state index in [2.05, 4.69) is 46.0 Å². The van der Waals surface area contributed by atoms with Gasteiger partial charge in [0.1, 0.15) is 5.82 Å². The summed E-state index contributed by atoms with van der Waals surface area (Å²) < 4.78 is 3.65. The molecule has 84 valence electrons. The molecule has 2 aromatic rings. The molecule has 0 spiro atoms. The van der Waals surface area contributed by atoms with Crippen LogP contribution in [0.1, 0.15) is 18.3 Å². The Kier molecular flexibility index (Phi) is 3.25. The maximum absolute atomic E-state index is 5.25. The lowest BCUT2D eigenvalue weighted by Crippen LogP contribution is -2.01. The third-order valence-corrected chi connectivity index (χ3v) is 3.78. The number of hydrogen-bond acceptors (Lipinski definition) is 2. The highest BCUT2D eigenvalue weighted by molar-refractivity contribution is 9.10. The predicted octanol–water partition coefficient (Wildman–Crippen LogP) is 3.56. The van der Waals surface area contributed by atoms with Crippen LogP contribution in [0.2, 0.25) is 0 Å². The molecule has 0 aliphatic heterocycles. The van der Waals surface area contributed by atoms with Crippen molar-refractivity contribution in [1.82, 2.24) is 14.8 Å². The topological polar surface area (TPSA) is 33.6 Å². The van der Waals surface area contributed by atoms with Gasteiger partial charge in [0.25, 0.3) is 0 Å². The van der Waals surface area contributed by atoms with Gasteiger partial charge >= 0.3 is 0 Å². The van der Waals surface area contributed by atoms with Gasteiger partial charge in [0.05, 0.1) is 5.69 Å². The first kappa shape index (κ1) is 11.5. The van der Waals surface area contributed by atoms with Crippen LogP contribution in [-0.2, 0) is 6.42 Å². The van der Waals surface area contributed by atoms with E-state index in [1.807, 2.05) is 16.7 Å². The van der Waals surface area contributed by atoms with Crippen LogP contribution in [-0.4, -0.2) is 14.8 Å². The second kappa shape index (κ2) is 4.51. The Hall–Kier alpha value is -0.940. The molecule has 0 aliphatic carbocycles. The highest BCUT2D eigenvalue weighted by Gasteiger charge is 2.10. The maximum Gasteiger partial charge on any atom is 0.199 e. The second-order valence-electron chi connectivity index (χ2n) is 3.54. The van der Waals surface area contributed by atoms with Crippen LogP contribution in [0.15, 0.2) is 22.7 Å². The van der Waals surface area contributed by atoms with Crippen molar-refractivity contribution in [1.29, 1.82) is 0 Å². The minimum absolute atomic E-state index is 0.628. The SMILES string of the molecule is CCc1n[nH]c(=S)n1-c1cccc(C)c1Br. The molecule has 0 saturated heterocycles. The molecule has 0 aliphatic rings. The number of nitrogens with one attached hydrogen (secondary N) is 1. The lowest BCUT2D eigenvalue weighted by Gasteiger charge is -2.09. The van der Waals surface area contributed by atoms with Gasteiger partial charge in [-0.1, -0.05) is 19.1 Å². The van der Waals surface area contributed by atoms with Crippen molar-refractivity contribution >= 4 is 28.1 Å². The highest BCUT2D eigenvalue weighted by atomic mass is 79.9. The van der Waals surface area contributed by atoms with E-state index in [0.29, 0.717) is 4.77 Å². The third kappa shape index (κ3) is 1.85. The summed E-state index contributed by atoms with van der Waals surface area (Å²) in [5, 5.41) is 7.03. The summed E-state index contributed by atoms with van der Waals surface area (Å²) in [6.45, 7) is 4.12. The van der Waals surface area contributed by atoms with Gasteiger partial charge in [-0.25, -0.2) is 0 Å². The zero-order valence-electron chi connectivity index (χ0n) is 9.12. The number of benzene rings is 1. The van der Waals surface area contributed by atoms with Crippen LogP contribution in [0.4, 0.5) is 0 Å². The normalized spacial score (nSPS) is 10.7. The summed E-state index contributed by atoms with van der Waals surface area (Å²) in [4.78, 5) is 0. The van der Waals surface area contributed by atoms with Gasteiger partial charge in [0, 0.05) is 10.9 Å². The largest absolute Gasteiger partial charge is 0.271 e. The van der Waals surface area contributed by atoms with Crippen LogP contribution in [0.3, 0.4) is 0 Å². The molecule has 16 heavy (non-hydrogen) atoms. The highest BCUT2D eigenvalue weighted by Crippen LogP contribution is 2.25. The number of nitrogens with zero attached hydrogens (tertiary/aromatic N) is 2. The van der Waals surface area contributed by atoms with Crippen molar-refractivity contribution in [2.24, 2.45) is 0 Å².